The Morgan fingerprint density at radius 1 is 1.35 bits per heavy atom. The summed E-state index contributed by atoms with van der Waals surface area (Å²) in [6.07, 6.45) is 2.28. The molecular weight excluding hydrogens is 218 g/mol. The van der Waals surface area contributed by atoms with Gasteiger partial charge in [0.1, 0.15) is 0 Å². The van der Waals surface area contributed by atoms with Crippen molar-refractivity contribution in [1.29, 1.82) is 0 Å². The minimum Gasteiger partial charge on any atom is -0.445 e. The number of allylic oxidation sites excluding steroid dienone is 1. The number of ether oxygens (including phenoxy) is 1. The SMILES string of the molecule is C=C(C)C(=O)OC(/C=C/C)C(=O)NC(C)(C)C. The largest absolute Gasteiger partial charge is 0.445 e. The van der Waals surface area contributed by atoms with Crippen LogP contribution in [0.1, 0.15) is 34.6 Å². The number of esters is 1. The van der Waals surface area contributed by atoms with Crippen LogP contribution in [0, 0.1) is 0 Å². The maximum Gasteiger partial charge on any atom is 0.334 e. The molecule has 0 radical (unpaired) electrons. The third-order valence-electron chi connectivity index (χ3n) is 1.71. The molecule has 0 aromatic carbocycles. The van der Waals surface area contributed by atoms with Crippen LogP contribution in [-0.2, 0) is 14.3 Å². The predicted molar refractivity (Wildman–Crippen MR) is 67.4 cm³/mol. The van der Waals surface area contributed by atoms with E-state index in [-0.39, 0.29) is 17.0 Å². The van der Waals surface area contributed by atoms with Crippen molar-refractivity contribution in [2.45, 2.75) is 46.3 Å². The van der Waals surface area contributed by atoms with Crippen LogP contribution in [0.5, 0.6) is 0 Å². The number of nitrogens with one attached hydrogen (secondary N) is 1. The number of hydrogen-bond donors (Lipinski definition) is 1. The Balaban J connectivity index is 4.69. The molecule has 0 aliphatic rings. The Bertz CT molecular complexity index is 337. The Hall–Kier alpha value is -1.58. The molecule has 0 fully saturated rings. The van der Waals surface area contributed by atoms with Crippen LogP contribution in [-0.4, -0.2) is 23.5 Å². The van der Waals surface area contributed by atoms with Crippen LogP contribution in [0.15, 0.2) is 24.3 Å². The highest BCUT2D eigenvalue weighted by Gasteiger charge is 2.24. The van der Waals surface area contributed by atoms with Crippen LogP contribution >= 0.6 is 0 Å². The van der Waals surface area contributed by atoms with Gasteiger partial charge in [-0.15, -0.1) is 0 Å². The number of rotatable bonds is 4. The van der Waals surface area contributed by atoms with Crippen molar-refractivity contribution >= 4 is 11.9 Å². The Labute approximate surface area is 103 Å². The first-order valence-corrected chi connectivity index (χ1v) is 5.48. The number of carbonyl (C=O) groups is 2. The Morgan fingerprint density at radius 2 is 1.88 bits per heavy atom. The van der Waals surface area contributed by atoms with Gasteiger partial charge >= 0.3 is 5.97 Å². The monoisotopic (exact) mass is 239 g/mol. The summed E-state index contributed by atoms with van der Waals surface area (Å²) in [5.74, 6) is -0.914. The van der Waals surface area contributed by atoms with E-state index in [9.17, 15) is 9.59 Å². The van der Waals surface area contributed by atoms with Gasteiger partial charge in [-0.25, -0.2) is 4.79 Å². The van der Waals surface area contributed by atoms with Gasteiger partial charge in [-0.05, 0) is 40.7 Å². The van der Waals surface area contributed by atoms with E-state index < -0.39 is 12.1 Å². The van der Waals surface area contributed by atoms with E-state index in [2.05, 4.69) is 11.9 Å². The lowest BCUT2D eigenvalue weighted by Crippen LogP contribution is -2.46. The first-order valence-electron chi connectivity index (χ1n) is 5.48. The van der Waals surface area contributed by atoms with E-state index in [1.165, 1.54) is 13.0 Å². The zero-order valence-electron chi connectivity index (χ0n) is 11.2. The van der Waals surface area contributed by atoms with Gasteiger partial charge in [0.25, 0.3) is 5.91 Å². The van der Waals surface area contributed by atoms with Crippen LogP contribution in [0.3, 0.4) is 0 Å². The molecule has 1 atom stereocenters. The highest BCUT2D eigenvalue weighted by Crippen LogP contribution is 2.05. The van der Waals surface area contributed by atoms with Crippen LogP contribution < -0.4 is 5.32 Å². The lowest BCUT2D eigenvalue weighted by atomic mass is 10.1. The lowest BCUT2D eigenvalue weighted by Gasteiger charge is -2.23. The van der Waals surface area contributed by atoms with Crippen LogP contribution in [0.25, 0.3) is 0 Å². The Kier molecular flexibility index (Phi) is 5.65. The summed E-state index contributed by atoms with van der Waals surface area (Å²) in [5, 5.41) is 2.75. The van der Waals surface area contributed by atoms with E-state index >= 15 is 0 Å². The zero-order valence-corrected chi connectivity index (χ0v) is 11.2. The van der Waals surface area contributed by atoms with Crippen LogP contribution in [0.2, 0.25) is 0 Å². The van der Waals surface area contributed by atoms with Crippen molar-refractivity contribution < 1.29 is 14.3 Å². The molecule has 1 amide bonds. The maximum absolute atomic E-state index is 11.8. The fourth-order valence-electron chi connectivity index (χ4n) is 1.01. The molecule has 1 unspecified atom stereocenters. The summed E-state index contributed by atoms with van der Waals surface area (Å²) >= 11 is 0. The highest BCUT2D eigenvalue weighted by molar-refractivity contribution is 5.91. The van der Waals surface area contributed by atoms with Crippen molar-refractivity contribution in [2.75, 3.05) is 0 Å². The third kappa shape index (κ3) is 6.56. The van der Waals surface area contributed by atoms with E-state index in [0.717, 1.165) is 0 Å². The fraction of sp³-hybridized carbons (Fsp3) is 0.538. The molecular formula is C13H21NO3. The first-order chi connectivity index (χ1) is 7.67. The van der Waals surface area contributed by atoms with Gasteiger partial charge in [-0.1, -0.05) is 12.7 Å². The predicted octanol–water partition coefficient (Wildman–Crippen LogP) is 1.97. The summed E-state index contributed by atoms with van der Waals surface area (Å²) in [5.41, 5.74) is -0.102. The summed E-state index contributed by atoms with van der Waals surface area (Å²) in [6.45, 7) is 12.3. The fourth-order valence-corrected chi connectivity index (χ4v) is 1.01. The molecule has 0 bridgehead atoms. The average Bonchev–Trinajstić information content (AvgIpc) is 2.13. The average molecular weight is 239 g/mol. The van der Waals surface area contributed by atoms with Crippen molar-refractivity contribution in [1.82, 2.24) is 5.32 Å². The van der Waals surface area contributed by atoms with Crippen LogP contribution in [0.4, 0.5) is 0 Å². The minimum atomic E-state index is -0.913. The van der Waals surface area contributed by atoms with Gasteiger partial charge in [0.15, 0.2) is 6.10 Å². The second kappa shape index (κ2) is 6.23. The van der Waals surface area contributed by atoms with Gasteiger partial charge in [-0.2, -0.15) is 0 Å². The number of hydrogen-bond acceptors (Lipinski definition) is 3. The smallest absolute Gasteiger partial charge is 0.334 e. The minimum absolute atomic E-state index is 0.267. The molecule has 1 N–H and O–H groups in total. The van der Waals surface area contributed by atoms with E-state index in [4.69, 9.17) is 4.74 Å². The molecule has 0 rings (SSSR count). The van der Waals surface area contributed by atoms with Gasteiger partial charge in [0.05, 0.1) is 0 Å². The molecule has 0 saturated carbocycles. The second-order valence-corrected chi connectivity index (χ2v) is 4.87. The molecule has 0 heterocycles. The first kappa shape index (κ1) is 15.4. The lowest BCUT2D eigenvalue weighted by molar-refractivity contribution is -0.149. The summed E-state index contributed by atoms with van der Waals surface area (Å²) in [6, 6.07) is 0. The van der Waals surface area contributed by atoms with E-state index in [0.29, 0.717) is 0 Å². The molecule has 96 valence electrons. The van der Waals surface area contributed by atoms with Crippen molar-refractivity contribution in [3.63, 3.8) is 0 Å². The standard InChI is InChI=1S/C13H21NO3/c1-7-8-10(17-12(16)9(2)3)11(15)14-13(4,5)6/h7-8,10H,2H2,1,3-6H3,(H,14,15)/b8-7+. The van der Waals surface area contributed by atoms with Crippen molar-refractivity contribution in [3.8, 4) is 0 Å². The molecule has 0 aromatic rings. The second-order valence-electron chi connectivity index (χ2n) is 4.87. The molecule has 0 aliphatic carbocycles. The van der Waals surface area contributed by atoms with Gasteiger partial charge in [0, 0.05) is 11.1 Å². The van der Waals surface area contributed by atoms with E-state index in [1.54, 1.807) is 13.0 Å². The summed E-state index contributed by atoms with van der Waals surface area (Å²) in [4.78, 5) is 23.2. The van der Waals surface area contributed by atoms with Gasteiger partial charge in [0.2, 0.25) is 0 Å². The third-order valence-corrected chi connectivity index (χ3v) is 1.71. The molecule has 0 saturated heterocycles. The highest BCUT2D eigenvalue weighted by atomic mass is 16.5. The Morgan fingerprint density at radius 3 is 2.24 bits per heavy atom. The molecule has 4 nitrogen and oxygen atoms in total. The normalized spacial score (nSPS) is 13.2. The molecule has 0 aromatic heterocycles. The molecule has 4 heteroatoms. The quantitative estimate of drug-likeness (QED) is 0.463. The van der Waals surface area contributed by atoms with Gasteiger partial charge < -0.3 is 10.1 Å². The maximum atomic E-state index is 11.8. The van der Waals surface area contributed by atoms with Crippen molar-refractivity contribution in [3.05, 3.63) is 24.3 Å². The molecule has 0 spiro atoms. The van der Waals surface area contributed by atoms with Crippen molar-refractivity contribution in [2.24, 2.45) is 0 Å². The summed E-state index contributed by atoms with van der Waals surface area (Å²) < 4.78 is 5.02. The number of amides is 1. The molecule has 17 heavy (non-hydrogen) atoms. The zero-order chi connectivity index (χ0) is 13.6. The number of carbonyl (C=O) groups excluding carboxylic acids is 2. The van der Waals surface area contributed by atoms with Gasteiger partial charge in [-0.3, -0.25) is 4.79 Å². The molecule has 0 aliphatic heterocycles. The topological polar surface area (TPSA) is 55.4 Å². The summed E-state index contributed by atoms with van der Waals surface area (Å²) in [7, 11) is 0. The van der Waals surface area contributed by atoms with E-state index in [1.807, 2.05) is 20.8 Å².